The molecule has 3 aromatic carbocycles. The van der Waals surface area contributed by atoms with Crippen LogP contribution in [-0.2, 0) is 6.42 Å². The van der Waals surface area contributed by atoms with Crippen LogP contribution >= 0.6 is 35.0 Å². The molecule has 5 aromatic rings. The molecule has 188 valence electrons. The van der Waals surface area contributed by atoms with Crippen molar-refractivity contribution in [1.82, 2.24) is 25.0 Å². The Bertz CT molecular complexity index is 1490. The number of aromatic nitrogens is 5. The van der Waals surface area contributed by atoms with Crippen LogP contribution in [0.25, 0.3) is 16.9 Å². The second kappa shape index (κ2) is 11.4. The molecule has 0 fully saturated rings. The standard InChI is InChI=1S/C28H25Cl2N5OS/c1-18-4-3-5-19(12-18)21(16-37-28-31-17-32-33-28)13-22-15-27(20-6-11-25(29)26(30)14-20)35(34-22)23-7-9-24(36-2)10-8-23/h3-12,14-15,17,21H,13,16H2,1-2H3,(H,31,32,33). The Hall–Kier alpha value is -3.26. The van der Waals surface area contributed by atoms with Crippen molar-refractivity contribution in [3.63, 3.8) is 0 Å². The van der Waals surface area contributed by atoms with Crippen molar-refractivity contribution < 1.29 is 4.74 Å². The van der Waals surface area contributed by atoms with E-state index < -0.39 is 0 Å². The number of nitrogens with one attached hydrogen (secondary N) is 1. The van der Waals surface area contributed by atoms with Crippen LogP contribution in [0.3, 0.4) is 0 Å². The zero-order valence-electron chi connectivity index (χ0n) is 20.4. The molecular weight excluding hydrogens is 525 g/mol. The van der Waals surface area contributed by atoms with Crippen LogP contribution in [0.15, 0.2) is 84.3 Å². The molecule has 5 rings (SSSR count). The Labute approximate surface area is 230 Å². The van der Waals surface area contributed by atoms with Crippen molar-refractivity contribution in [3.05, 3.63) is 106 Å². The fraction of sp³-hybridized carbons (Fsp3) is 0.179. The van der Waals surface area contributed by atoms with Gasteiger partial charge in [0.2, 0.25) is 0 Å². The second-order valence-electron chi connectivity index (χ2n) is 8.68. The van der Waals surface area contributed by atoms with Gasteiger partial charge in [-0.2, -0.15) is 10.2 Å². The highest BCUT2D eigenvalue weighted by Gasteiger charge is 2.19. The Kier molecular flexibility index (Phi) is 7.84. The molecule has 0 amide bonds. The van der Waals surface area contributed by atoms with Gasteiger partial charge < -0.3 is 4.74 Å². The highest BCUT2D eigenvalue weighted by molar-refractivity contribution is 7.99. The minimum atomic E-state index is 0.218. The summed E-state index contributed by atoms with van der Waals surface area (Å²) in [4.78, 5) is 4.28. The number of H-pyrrole nitrogens is 1. The summed E-state index contributed by atoms with van der Waals surface area (Å²) in [6, 6.07) is 24.3. The summed E-state index contributed by atoms with van der Waals surface area (Å²) < 4.78 is 7.30. The van der Waals surface area contributed by atoms with Gasteiger partial charge in [-0.05, 0) is 67.3 Å². The predicted molar refractivity (Wildman–Crippen MR) is 150 cm³/mol. The molecule has 0 saturated heterocycles. The number of hydrogen-bond donors (Lipinski definition) is 1. The summed E-state index contributed by atoms with van der Waals surface area (Å²) in [5.74, 6) is 1.84. The molecule has 2 aromatic heterocycles. The van der Waals surface area contributed by atoms with E-state index in [1.807, 2.05) is 47.1 Å². The van der Waals surface area contributed by atoms with E-state index in [-0.39, 0.29) is 5.92 Å². The van der Waals surface area contributed by atoms with Gasteiger partial charge in [0, 0.05) is 11.3 Å². The van der Waals surface area contributed by atoms with Crippen molar-refractivity contribution in [2.45, 2.75) is 24.4 Å². The van der Waals surface area contributed by atoms with E-state index in [0.717, 1.165) is 45.7 Å². The molecule has 9 heteroatoms. The molecule has 1 N–H and O–H groups in total. The van der Waals surface area contributed by atoms with Gasteiger partial charge in [-0.25, -0.2) is 9.67 Å². The SMILES string of the molecule is COc1ccc(-n2nc(CC(CSc3ncn[nH]3)c3cccc(C)c3)cc2-c2ccc(Cl)c(Cl)c2)cc1. The van der Waals surface area contributed by atoms with Crippen molar-refractivity contribution in [2.75, 3.05) is 12.9 Å². The van der Waals surface area contributed by atoms with Gasteiger partial charge in [0.1, 0.15) is 12.1 Å². The largest absolute Gasteiger partial charge is 0.497 e. The summed E-state index contributed by atoms with van der Waals surface area (Å²) in [7, 11) is 1.66. The maximum absolute atomic E-state index is 6.38. The minimum Gasteiger partial charge on any atom is -0.497 e. The predicted octanol–water partition coefficient (Wildman–Crippen LogP) is 7.40. The normalized spacial score (nSPS) is 12.0. The van der Waals surface area contributed by atoms with E-state index in [1.165, 1.54) is 17.5 Å². The summed E-state index contributed by atoms with van der Waals surface area (Å²) in [5, 5.41) is 13.8. The van der Waals surface area contributed by atoms with Crippen LogP contribution < -0.4 is 4.74 Å². The fourth-order valence-corrected chi connectivity index (χ4v) is 5.41. The number of ether oxygens (including phenoxy) is 1. The van der Waals surface area contributed by atoms with Gasteiger partial charge >= 0.3 is 0 Å². The average molecular weight is 551 g/mol. The van der Waals surface area contributed by atoms with E-state index in [1.54, 1.807) is 18.9 Å². The highest BCUT2D eigenvalue weighted by Crippen LogP contribution is 2.33. The van der Waals surface area contributed by atoms with E-state index in [2.05, 4.69) is 52.4 Å². The first-order valence-electron chi connectivity index (χ1n) is 11.7. The topological polar surface area (TPSA) is 68.6 Å². The van der Waals surface area contributed by atoms with Gasteiger partial charge in [-0.15, -0.1) is 0 Å². The molecule has 0 aliphatic carbocycles. The Morgan fingerprint density at radius 2 is 1.84 bits per heavy atom. The van der Waals surface area contributed by atoms with Crippen molar-refractivity contribution in [3.8, 4) is 22.7 Å². The molecule has 1 atom stereocenters. The number of aromatic amines is 1. The third-order valence-electron chi connectivity index (χ3n) is 6.08. The number of aryl methyl sites for hydroxylation is 1. The number of hydrogen-bond acceptors (Lipinski definition) is 5. The van der Waals surface area contributed by atoms with E-state index in [4.69, 9.17) is 33.0 Å². The number of rotatable bonds is 9. The van der Waals surface area contributed by atoms with Crippen LogP contribution in [0.2, 0.25) is 10.0 Å². The summed E-state index contributed by atoms with van der Waals surface area (Å²) >= 11 is 14.2. The molecule has 0 aliphatic heterocycles. The molecule has 0 saturated carbocycles. The van der Waals surface area contributed by atoms with Crippen molar-refractivity contribution in [1.29, 1.82) is 0 Å². The average Bonchev–Trinajstić information content (AvgIpc) is 3.58. The van der Waals surface area contributed by atoms with Gasteiger partial charge in [0.15, 0.2) is 5.16 Å². The van der Waals surface area contributed by atoms with Crippen LogP contribution in [-0.4, -0.2) is 37.8 Å². The van der Waals surface area contributed by atoms with Gasteiger partial charge in [-0.3, -0.25) is 5.10 Å². The van der Waals surface area contributed by atoms with Crippen LogP contribution in [0.1, 0.15) is 22.7 Å². The van der Waals surface area contributed by atoms with Gasteiger partial charge in [0.05, 0.1) is 34.2 Å². The summed E-state index contributed by atoms with van der Waals surface area (Å²) in [6.45, 7) is 2.12. The highest BCUT2D eigenvalue weighted by atomic mass is 35.5. The van der Waals surface area contributed by atoms with E-state index in [9.17, 15) is 0 Å². The fourth-order valence-electron chi connectivity index (χ4n) is 4.20. The maximum atomic E-state index is 6.38. The Balaban J connectivity index is 1.53. The van der Waals surface area contributed by atoms with E-state index >= 15 is 0 Å². The van der Waals surface area contributed by atoms with Crippen LogP contribution in [0.5, 0.6) is 5.75 Å². The number of benzene rings is 3. The number of thioether (sulfide) groups is 1. The Morgan fingerprint density at radius 1 is 1.00 bits per heavy atom. The summed E-state index contributed by atoms with van der Waals surface area (Å²) in [6.07, 6.45) is 2.28. The molecule has 37 heavy (non-hydrogen) atoms. The van der Waals surface area contributed by atoms with Crippen molar-refractivity contribution >= 4 is 35.0 Å². The third kappa shape index (κ3) is 6.01. The minimum absolute atomic E-state index is 0.218. The number of nitrogens with zero attached hydrogens (tertiary/aromatic N) is 4. The lowest BCUT2D eigenvalue weighted by Crippen LogP contribution is -2.08. The zero-order chi connectivity index (χ0) is 25.8. The zero-order valence-corrected chi connectivity index (χ0v) is 22.7. The first-order valence-corrected chi connectivity index (χ1v) is 13.5. The molecule has 0 spiro atoms. The molecule has 0 aliphatic rings. The monoisotopic (exact) mass is 549 g/mol. The quantitative estimate of drug-likeness (QED) is 0.194. The van der Waals surface area contributed by atoms with Gasteiger partial charge in [-0.1, -0.05) is 70.9 Å². The lowest BCUT2D eigenvalue weighted by Gasteiger charge is -2.16. The van der Waals surface area contributed by atoms with Crippen LogP contribution in [0, 0.1) is 6.92 Å². The van der Waals surface area contributed by atoms with Crippen molar-refractivity contribution in [2.24, 2.45) is 0 Å². The molecule has 1 unspecified atom stereocenters. The first kappa shape index (κ1) is 25.4. The molecular formula is C28H25Cl2N5OS. The molecule has 0 bridgehead atoms. The van der Waals surface area contributed by atoms with Gasteiger partial charge in [0.25, 0.3) is 0 Å². The number of halogens is 2. The summed E-state index contributed by atoms with van der Waals surface area (Å²) in [5.41, 5.74) is 6.27. The number of methoxy groups -OCH3 is 1. The maximum Gasteiger partial charge on any atom is 0.183 e. The smallest absolute Gasteiger partial charge is 0.183 e. The molecule has 6 nitrogen and oxygen atoms in total. The molecule has 2 heterocycles. The first-order chi connectivity index (χ1) is 18.0. The lowest BCUT2D eigenvalue weighted by molar-refractivity contribution is 0.414. The Morgan fingerprint density at radius 3 is 2.54 bits per heavy atom. The van der Waals surface area contributed by atoms with E-state index in [0.29, 0.717) is 10.0 Å². The molecule has 0 radical (unpaired) electrons. The lowest BCUT2D eigenvalue weighted by atomic mass is 9.94. The second-order valence-corrected chi connectivity index (χ2v) is 10.5. The third-order valence-corrected chi connectivity index (χ3v) is 7.85. The van der Waals surface area contributed by atoms with Crippen LogP contribution in [0.4, 0.5) is 0 Å².